The van der Waals surface area contributed by atoms with Crippen LogP contribution in [0.25, 0.3) is 0 Å². The van der Waals surface area contributed by atoms with E-state index < -0.39 is 6.10 Å². The van der Waals surface area contributed by atoms with Crippen molar-refractivity contribution in [3.8, 4) is 0 Å². The van der Waals surface area contributed by atoms with Gasteiger partial charge in [0.15, 0.2) is 5.82 Å². The van der Waals surface area contributed by atoms with Crippen LogP contribution in [0.4, 0.5) is 5.82 Å². The molecule has 0 bridgehead atoms. The minimum Gasteiger partial charge on any atom is -0.467 e. The van der Waals surface area contributed by atoms with Crippen molar-refractivity contribution in [3.05, 3.63) is 42.5 Å². The van der Waals surface area contributed by atoms with Gasteiger partial charge in [0, 0.05) is 31.9 Å². The van der Waals surface area contributed by atoms with Gasteiger partial charge in [-0.3, -0.25) is 4.90 Å². The third kappa shape index (κ3) is 5.26. The van der Waals surface area contributed by atoms with Crippen LogP contribution in [0, 0.1) is 0 Å². The highest BCUT2D eigenvalue weighted by Crippen LogP contribution is 2.19. The van der Waals surface area contributed by atoms with Gasteiger partial charge < -0.3 is 19.2 Å². The van der Waals surface area contributed by atoms with Crippen LogP contribution in [0.2, 0.25) is 0 Å². The lowest BCUT2D eigenvalue weighted by Crippen LogP contribution is -2.49. The zero-order valence-corrected chi connectivity index (χ0v) is 14.6. The molecule has 0 unspecified atom stereocenters. The smallest absolute Gasteiger partial charge is 0.151 e. The number of anilines is 1. The Morgan fingerprint density at radius 3 is 3.12 bits per heavy atom. The van der Waals surface area contributed by atoms with Crippen LogP contribution in [0.5, 0.6) is 0 Å². The van der Waals surface area contributed by atoms with Crippen LogP contribution in [-0.4, -0.2) is 65.6 Å². The van der Waals surface area contributed by atoms with Gasteiger partial charge in [0.05, 0.1) is 19.0 Å². The number of likely N-dealkylation sites (N-methyl/N-ethyl adjacent to an activating group) is 1. The largest absolute Gasteiger partial charge is 0.467 e. The second kappa shape index (κ2) is 8.94. The molecule has 7 heteroatoms. The molecule has 0 aliphatic carbocycles. The van der Waals surface area contributed by atoms with E-state index in [1.165, 1.54) is 0 Å². The number of aromatic nitrogens is 2. The van der Waals surface area contributed by atoms with Gasteiger partial charge in [0.25, 0.3) is 0 Å². The summed E-state index contributed by atoms with van der Waals surface area (Å²) >= 11 is 0. The molecule has 2 aromatic rings. The van der Waals surface area contributed by atoms with Crippen LogP contribution in [0.15, 0.2) is 41.1 Å². The Hall–Kier alpha value is -1.96. The molecule has 1 aliphatic rings. The van der Waals surface area contributed by atoms with E-state index in [9.17, 15) is 5.11 Å². The fourth-order valence-electron chi connectivity index (χ4n) is 3.21. The highest BCUT2D eigenvalue weighted by atomic mass is 16.5. The van der Waals surface area contributed by atoms with Gasteiger partial charge in [-0.25, -0.2) is 0 Å². The summed E-state index contributed by atoms with van der Waals surface area (Å²) in [6.45, 7) is 3.16. The number of rotatable bonds is 8. The Bertz CT molecular complexity index is 608. The van der Waals surface area contributed by atoms with Gasteiger partial charge in [0.1, 0.15) is 12.4 Å². The maximum Gasteiger partial charge on any atom is 0.151 e. The van der Waals surface area contributed by atoms with E-state index in [0.29, 0.717) is 25.8 Å². The molecule has 1 N–H and O–H groups in total. The average molecular weight is 346 g/mol. The molecule has 7 nitrogen and oxygen atoms in total. The molecule has 0 aromatic carbocycles. The van der Waals surface area contributed by atoms with Gasteiger partial charge in [0.2, 0.25) is 0 Å². The molecule has 0 radical (unpaired) electrons. The predicted octanol–water partition coefficient (Wildman–Crippen LogP) is 1.55. The maximum atomic E-state index is 10.2. The van der Waals surface area contributed by atoms with Crippen molar-refractivity contribution in [2.45, 2.75) is 31.6 Å². The molecule has 25 heavy (non-hydrogen) atoms. The minimum atomic E-state index is -0.521. The molecular formula is C18H26N4O3. The molecule has 3 heterocycles. The fraction of sp³-hybridized carbons (Fsp3) is 0.556. The third-order valence-corrected chi connectivity index (χ3v) is 4.54. The fourth-order valence-corrected chi connectivity index (χ4v) is 3.21. The summed E-state index contributed by atoms with van der Waals surface area (Å²) in [5.41, 5.74) is 0. The molecule has 136 valence electrons. The zero-order valence-electron chi connectivity index (χ0n) is 14.6. The minimum absolute atomic E-state index is 0.297. The molecule has 0 amide bonds. The zero-order chi connectivity index (χ0) is 17.5. The quantitative estimate of drug-likeness (QED) is 0.777. The maximum absolute atomic E-state index is 10.2. The Morgan fingerprint density at radius 1 is 1.44 bits per heavy atom. The first-order valence-corrected chi connectivity index (χ1v) is 8.73. The van der Waals surface area contributed by atoms with Crippen molar-refractivity contribution in [2.24, 2.45) is 0 Å². The summed E-state index contributed by atoms with van der Waals surface area (Å²) in [4.78, 5) is 4.47. The number of nitrogens with zero attached hydrogens (tertiary/aromatic N) is 4. The van der Waals surface area contributed by atoms with Gasteiger partial charge in [-0.15, -0.1) is 5.10 Å². The second-order valence-electron chi connectivity index (χ2n) is 6.51. The van der Waals surface area contributed by atoms with Crippen molar-refractivity contribution in [1.82, 2.24) is 15.1 Å². The van der Waals surface area contributed by atoms with E-state index in [2.05, 4.69) is 27.0 Å². The number of hydrogen-bond acceptors (Lipinski definition) is 7. The lowest BCUT2D eigenvalue weighted by atomic mass is 10.0. The summed E-state index contributed by atoms with van der Waals surface area (Å²) in [5, 5.41) is 18.4. The molecule has 1 fully saturated rings. The third-order valence-electron chi connectivity index (χ3n) is 4.54. The van der Waals surface area contributed by atoms with Crippen LogP contribution in [0.3, 0.4) is 0 Å². The summed E-state index contributed by atoms with van der Waals surface area (Å²) in [6.07, 6.45) is 5.02. The van der Waals surface area contributed by atoms with Gasteiger partial charge >= 0.3 is 0 Å². The summed E-state index contributed by atoms with van der Waals surface area (Å²) in [7, 11) is 2.06. The number of furan rings is 1. The van der Waals surface area contributed by atoms with Crippen LogP contribution < -0.4 is 4.90 Å². The standard InChI is InChI=1S/C18H26N4O3/c1-21(12-16(23)13-24-14-17-6-4-10-25-17)15-5-3-9-22(11-15)18-7-2-8-19-20-18/h2,4,6-8,10,15-16,23H,3,5,9,11-14H2,1H3/t15-,16+/m1/s1. The van der Waals surface area contributed by atoms with Gasteiger partial charge in [-0.2, -0.15) is 5.10 Å². The van der Waals surface area contributed by atoms with Crippen molar-refractivity contribution in [3.63, 3.8) is 0 Å². The molecule has 0 saturated carbocycles. The van der Waals surface area contributed by atoms with E-state index >= 15 is 0 Å². The summed E-state index contributed by atoms with van der Waals surface area (Å²) in [5.74, 6) is 1.69. The first kappa shape index (κ1) is 17.8. The molecule has 2 atom stereocenters. The van der Waals surface area contributed by atoms with E-state index in [-0.39, 0.29) is 0 Å². The second-order valence-corrected chi connectivity index (χ2v) is 6.51. The topological polar surface area (TPSA) is 74.9 Å². The molecule has 1 aliphatic heterocycles. The van der Waals surface area contributed by atoms with E-state index in [1.54, 1.807) is 12.5 Å². The van der Waals surface area contributed by atoms with E-state index in [0.717, 1.165) is 37.5 Å². The molecule has 0 spiro atoms. The lowest BCUT2D eigenvalue weighted by molar-refractivity contribution is 0.00210. The highest BCUT2D eigenvalue weighted by molar-refractivity contribution is 5.37. The number of hydrogen-bond donors (Lipinski definition) is 1. The van der Waals surface area contributed by atoms with E-state index in [1.807, 2.05) is 24.3 Å². The average Bonchev–Trinajstić information content (AvgIpc) is 3.16. The molecular weight excluding hydrogens is 320 g/mol. The Morgan fingerprint density at radius 2 is 2.36 bits per heavy atom. The first-order valence-electron chi connectivity index (χ1n) is 8.73. The SMILES string of the molecule is CN(C[C@H](O)COCc1ccco1)[C@@H]1CCCN(c2cccnn2)C1. The number of aliphatic hydroxyl groups excluding tert-OH is 1. The van der Waals surface area contributed by atoms with Crippen molar-refractivity contribution in [1.29, 1.82) is 0 Å². The first-order chi connectivity index (χ1) is 12.2. The number of piperidine rings is 1. The summed E-state index contributed by atoms with van der Waals surface area (Å²) in [6, 6.07) is 7.98. The normalized spacial score (nSPS) is 19.3. The number of aliphatic hydroxyl groups is 1. The van der Waals surface area contributed by atoms with E-state index in [4.69, 9.17) is 9.15 Å². The Balaban J connectivity index is 1.43. The van der Waals surface area contributed by atoms with Crippen molar-refractivity contribution in [2.75, 3.05) is 38.2 Å². The van der Waals surface area contributed by atoms with Crippen LogP contribution >= 0.6 is 0 Å². The van der Waals surface area contributed by atoms with Gasteiger partial charge in [-0.05, 0) is 44.2 Å². The van der Waals surface area contributed by atoms with Crippen molar-refractivity contribution < 1.29 is 14.3 Å². The Labute approximate surface area is 148 Å². The molecule has 1 saturated heterocycles. The number of ether oxygens (including phenoxy) is 1. The predicted molar refractivity (Wildman–Crippen MR) is 94.3 cm³/mol. The van der Waals surface area contributed by atoms with Crippen molar-refractivity contribution >= 4 is 5.82 Å². The monoisotopic (exact) mass is 346 g/mol. The Kier molecular flexibility index (Phi) is 6.38. The molecule has 2 aromatic heterocycles. The lowest BCUT2D eigenvalue weighted by Gasteiger charge is -2.38. The highest BCUT2D eigenvalue weighted by Gasteiger charge is 2.25. The molecule has 3 rings (SSSR count). The summed E-state index contributed by atoms with van der Waals surface area (Å²) < 4.78 is 10.7. The van der Waals surface area contributed by atoms with Crippen LogP contribution in [-0.2, 0) is 11.3 Å². The van der Waals surface area contributed by atoms with Gasteiger partial charge in [-0.1, -0.05) is 0 Å². The van der Waals surface area contributed by atoms with Crippen LogP contribution in [0.1, 0.15) is 18.6 Å².